The van der Waals surface area contributed by atoms with Gasteiger partial charge >= 0.3 is 0 Å². The van der Waals surface area contributed by atoms with Crippen molar-refractivity contribution in [2.75, 3.05) is 13.2 Å². The molecular formula is C13H15F2NO2. The minimum Gasteiger partial charge on any atom is -0.396 e. The highest BCUT2D eigenvalue weighted by Crippen LogP contribution is 2.48. The number of benzene rings is 1. The molecule has 1 aliphatic rings. The molecule has 18 heavy (non-hydrogen) atoms. The number of halogens is 2. The number of carbonyl (C=O) groups is 1. The van der Waals surface area contributed by atoms with Gasteiger partial charge < -0.3 is 10.4 Å². The lowest BCUT2D eigenvalue weighted by atomic mass is 10.1. The van der Waals surface area contributed by atoms with Gasteiger partial charge in [0.15, 0.2) is 0 Å². The Kier molecular flexibility index (Phi) is 3.91. The van der Waals surface area contributed by atoms with Gasteiger partial charge in [-0.25, -0.2) is 8.78 Å². The number of hydrogen-bond acceptors (Lipinski definition) is 2. The molecule has 3 nitrogen and oxygen atoms in total. The van der Waals surface area contributed by atoms with Gasteiger partial charge in [0.1, 0.15) is 11.6 Å². The molecule has 5 heteroatoms. The average molecular weight is 255 g/mol. The van der Waals surface area contributed by atoms with Crippen molar-refractivity contribution in [2.45, 2.75) is 18.8 Å². The van der Waals surface area contributed by atoms with Crippen LogP contribution < -0.4 is 5.32 Å². The third kappa shape index (κ3) is 2.85. The van der Waals surface area contributed by atoms with E-state index in [2.05, 4.69) is 5.32 Å². The molecule has 0 saturated heterocycles. The van der Waals surface area contributed by atoms with Crippen molar-refractivity contribution in [2.24, 2.45) is 5.92 Å². The molecule has 0 bridgehead atoms. The SMILES string of the molecule is O=C(NCCCO)C1CC1c1ccc(F)cc1F. The van der Waals surface area contributed by atoms with Crippen LogP contribution in [0.15, 0.2) is 18.2 Å². The Bertz CT molecular complexity index is 451. The van der Waals surface area contributed by atoms with Crippen LogP contribution in [0.3, 0.4) is 0 Å². The van der Waals surface area contributed by atoms with Crippen LogP contribution in [0.5, 0.6) is 0 Å². The highest BCUT2D eigenvalue weighted by molar-refractivity contribution is 5.82. The van der Waals surface area contributed by atoms with E-state index in [0.717, 1.165) is 6.07 Å². The van der Waals surface area contributed by atoms with Crippen molar-refractivity contribution in [1.82, 2.24) is 5.32 Å². The van der Waals surface area contributed by atoms with E-state index in [-0.39, 0.29) is 24.3 Å². The predicted molar refractivity (Wildman–Crippen MR) is 61.9 cm³/mol. The number of aliphatic hydroxyl groups excluding tert-OH is 1. The minimum absolute atomic E-state index is 0.0287. The number of hydrogen-bond donors (Lipinski definition) is 2. The number of aliphatic hydroxyl groups is 1. The first kappa shape index (κ1) is 13.0. The van der Waals surface area contributed by atoms with Crippen LogP contribution in [0.2, 0.25) is 0 Å². The second kappa shape index (κ2) is 5.44. The Morgan fingerprint density at radius 3 is 2.89 bits per heavy atom. The molecule has 1 amide bonds. The lowest BCUT2D eigenvalue weighted by Gasteiger charge is -2.04. The van der Waals surface area contributed by atoms with Crippen molar-refractivity contribution >= 4 is 5.91 Å². The summed E-state index contributed by atoms with van der Waals surface area (Å²) in [6.45, 7) is 0.450. The molecule has 0 aromatic heterocycles. The molecule has 2 N–H and O–H groups in total. The molecule has 0 radical (unpaired) electrons. The zero-order valence-electron chi connectivity index (χ0n) is 9.83. The molecule has 0 heterocycles. The Morgan fingerprint density at radius 2 is 2.22 bits per heavy atom. The fourth-order valence-corrected chi connectivity index (χ4v) is 2.05. The van der Waals surface area contributed by atoms with Gasteiger partial charge in [-0.05, 0) is 30.4 Å². The van der Waals surface area contributed by atoms with E-state index in [4.69, 9.17) is 5.11 Å². The minimum atomic E-state index is -0.610. The first-order chi connectivity index (χ1) is 8.63. The van der Waals surface area contributed by atoms with Crippen LogP contribution in [0.25, 0.3) is 0 Å². The van der Waals surface area contributed by atoms with Gasteiger partial charge in [-0.2, -0.15) is 0 Å². The molecule has 1 fully saturated rings. The summed E-state index contributed by atoms with van der Waals surface area (Å²) in [6.07, 6.45) is 1.10. The van der Waals surface area contributed by atoms with Crippen molar-refractivity contribution in [1.29, 1.82) is 0 Å². The largest absolute Gasteiger partial charge is 0.396 e. The maximum Gasteiger partial charge on any atom is 0.223 e. The molecule has 1 saturated carbocycles. The molecule has 2 atom stereocenters. The lowest BCUT2D eigenvalue weighted by Crippen LogP contribution is -2.27. The van der Waals surface area contributed by atoms with Crippen LogP contribution >= 0.6 is 0 Å². The number of amides is 1. The van der Waals surface area contributed by atoms with E-state index >= 15 is 0 Å². The van der Waals surface area contributed by atoms with E-state index in [1.165, 1.54) is 12.1 Å². The summed E-state index contributed by atoms with van der Waals surface area (Å²) < 4.78 is 26.2. The maximum absolute atomic E-state index is 13.5. The molecule has 1 aliphatic carbocycles. The zero-order chi connectivity index (χ0) is 13.1. The van der Waals surface area contributed by atoms with E-state index in [0.29, 0.717) is 24.9 Å². The fourth-order valence-electron chi connectivity index (χ4n) is 2.05. The van der Waals surface area contributed by atoms with Gasteiger partial charge in [0, 0.05) is 25.1 Å². The molecule has 0 spiro atoms. The van der Waals surface area contributed by atoms with Gasteiger partial charge in [-0.1, -0.05) is 6.07 Å². The smallest absolute Gasteiger partial charge is 0.223 e. The Hall–Kier alpha value is -1.49. The van der Waals surface area contributed by atoms with E-state index in [1.54, 1.807) is 0 Å². The molecule has 98 valence electrons. The Balaban J connectivity index is 1.92. The van der Waals surface area contributed by atoms with Crippen molar-refractivity contribution in [3.63, 3.8) is 0 Å². The van der Waals surface area contributed by atoms with Gasteiger partial charge in [0.25, 0.3) is 0 Å². The highest BCUT2D eigenvalue weighted by atomic mass is 19.1. The first-order valence-corrected chi connectivity index (χ1v) is 5.97. The van der Waals surface area contributed by atoms with Gasteiger partial charge in [0.2, 0.25) is 5.91 Å². The van der Waals surface area contributed by atoms with Crippen molar-refractivity contribution in [3.8, 4) is 0 Å². The summed E-state index contributed by atoms with van der Waals surface area (Å²) in [4.78, 5) is 11.7. The third-order valence-electron chi connectivity index (χ3n) is 3.12. The molecule has 1 aromatic carbocycles. The van der Waals surface area contributed by atoms with Gasteiger partial charge in [-0.3, -0.25) is 4.79 Å². The van der Waals surface area contributed by atoms with Crippen LogP contribution in [-0.4, -0.2) is 24.2 Å². The highest BCUT2D eigenvalue weighted by Gasteiger charge is 2.45. The van der Waals surface area contributed by atoms with Gasteiger partial charge in [-0.15, -0.1) is 0 Å². The van der Waals surface area contributed by atoms with Crippen LogP contribution in [-0.2, 0) is 4.79 Å². The quantitative estimate of drug-likeness (QED) is 0.785. The number of rotatable bonds is 5. The number of carbonyl (C=O) groups excluding carboxylic acids is 1. The van der Waals surface area contributed by atoms with E-state index in [1.807, 2.05) is 0 Å². The average Bonchev–Trinajstić information content (AvgIpc) is 3.09. The normalized spacial score (nSPS) is 21.7. The summed E-state index contributed by atoms with van der Waals surface area (Å²) in [6, 6.07) is 3.45. The molecule has 2 unspecified atom stereocenters. The summed E-state index contributed by atoms with van der Waals surface area (Å²) >= 11 is 0. The van der Waals surface area contributed by atoms with Crippen LogP contribution in [0.4, 0.5) is 8.78 Å². The summed E-state index contributed by atoms with van der Waals surface area (Å²) in [5.74, 6) is -1.72. The predicted octanol–water partition coefficient (Wildman–Crippen LogP) is 1.57. The first-order valence-electron chi connectivity index (χ1n) is 5.97. The standard InChI is InChI=1S/C13H15F2NO2/c14-8-2-3-9(12(15)6-8)10-7-11(10)13(18)16-4-1-5-17/h2-3,6,10-11,17H,1,4-5,7H2,(H,16,18). The number of nitrogens with one attached hydrogen (secondary N) is 1. The second-order valence-electron chi connectivity index (χ2n) is 4.48. The summed E-state index contributed by atoms with van der Waals surface area (Å²) in [7, 11) is 0. The molecular weight excluding hydrogens is 240 g/mol. The monoisotopic (exact) mass is 255 g/mol. The van der Waals surface area contributed by atoms with E-state index in [9.17, 15) is 13.6 Å². The second-order valence-corrected chi connectivity index (χ2v) is 4.48. The van der Waals surface area contributed by atoms with Gasteiger partial charge in [0.05, 0.1) is 0 Å². The Morgan fingerprint density at radius 1 is 1.44 bits per heavy atom. The Labute approximate surface area is 104 Å². The van der Waals surface area contributed by atoms with Crippen LogP contribution in [0, 0.1) is 17.6 Å². The fraction of sp³-hybridized carbons (Fsp3) is 0.462. The third-order valence-corrected chi connectivity index (χ3v) is 3.12. The van der Waals surface area contributed by atoms with Crippen molar-refractivity contribution < 1.29 is 18.7 Å². The van der Waals surface area contributed by atoms with E-state index < -0.39 is 11.6 Å². The summed E-state index contributed by atoms with van der Waals surface area (Å²) in [5.41, 5.74) is 0.402. The van der Waals surface area contributed by atoms with Crippen LogP contribution in [0.1, 0.15) is 24.3 Å². The topological polar surface area (TPSA) is 49.3 Å². The van der Waals surface area contributed by atoms with Crippen molar-refractivity contribution in [3.05, 3.63) is 35.4 Å². The molecule has 0 aliphatic heterocycles. The molecule has 2 rings (SSSR count). The molecule has 1 aromatic rings. The summed E-state index contributed by atoms with van der Waals surface area (Å²) in [5, 5.41) is 11.3. The lowest BCUT2D eigenvalue weighted by molar-refractivity contribution is -0.122. The maximum atomic E-state index is 13.5. The zero-order valence-corrected chi connectivity index (χ0v) is 9.83.